The van der Waals surface area contributed by atoms with E-state index >= 15 is 0 Å². The largest absolute Gasteiger partial charge is 0.466 e. The minimum Gasteiger partial charge on any atom is -0.466 e. The number of rotatable bonds is 70. The van der Waals surface area contributed by atoms with E-state index in [1.54, 1.807) is 0 Å². The second-order valence-electron chi connectivity index (χ2n) is 25.6. The molecule has 6 nitrogen and oxygen atoms in total. The van der Waals surface area contributed by atoms with Gasteiger partial charge in [0.2, 0.25) is 5.91 Å². The second-order valence-corrected chi connectivity index (χ2v) is 25.6. The van der Waals surface area contributed by atoms with Gasteiger partial charge in [-0.25, -0.2) is 0 Å². The molecule has 0 aliphatic carbocycles. The Balaban J connectivity index is 3.35. The van der Waals surface area contributed by atoms with Crippen LogP contribution in [0.25, 0.3) is 0 Å². The third-order valence-corrected chi connectivity index (χ3v) is 17.5. The summed E-state index contributed by atoms with van der Waals surface area (Å²) in [5, 5.41) is 23.4. The number of ether oxygens (including phenoxy) is 1. The lowest BCUT2D eigenvalue weighted by molar-refractivity contribution is -0.143. The van der Waals surface area contributed by atoms with Crippen LogP contribution in [0.5, 0.6) is 0 Å². The summed E-state index contributed by atoms with van der Waals surface area (Å²) in [5.74, 6) is -0.0183. The minimum absolute atomic E-state index is 0.00962. The quantitative estimate of drug-likeness (QED) is 0.0320. The molecule has 480 valence electrons. The molecule has 1 amide bonds. The molecule has 0 saturated carbocycles. The van der Waals surface area contributed by atoms with Crippen molar-refractivity contribution in [2.45, 2.75) is 431 Å². The molecular weight excluding hydrogens is 995 g/mol. The molecule has 2 unspecified atom stereocenters. The van der Waals surface area contributed by atoms with Crippen molar-refractivity contribution in [1.29, 1.82) is 0 Å². The van der Waals surface area contributed by atoms with E-state index in [-0.39, 0.29) is 18.5 Å². The molecule has 0 aromatic carbocycles. The summed E-state index contributed by atoms with van der Waals surface area (Å²) < 4.78 is 5.48. The average Bonchev–Trinajstić information content (AvgIpc) is 3.47. The van der Waals surface area contributed by atoms with Gasteiger partial charge in [-0.15, -0.1) is 0 Å². The van der Waals surface area contributed by atoms with Gasteiger partial charge in [-0.2, -0.15) is 0 Å². The molecule has 81 heavy (non-hydrogen) atoms. The molecule has 0 rings (SSSR count). The molecule has 3 N–H and O–H groups in total. The molecule has 0 bridgehead atoms. The van der Waals surface area contributed by atoms with Crippen LogP contribution in [-0.2, 0) is 14.3 Å². The van der Waals surface area contributed by atoms with Crippen molar-refractivity contribution in [3.63, 3.8) is 0 Å². The number of carbonyl (C=O) groups excluding carboxylic acids is 2. The van der Waals surface area contributed by atoms with Crippen LogP contribution in [0, 0.1) is 0 Å². The van der Waals surface area contributed by atoms with E-state index in [0.717, 1.165) is 44.9 Å². The molecule has 6 heteroatoms. The summed E-state index contributed by atoms with van der Waals surface area (Å²) in [6.45, 7) is 4.98. The van der Waals surface area contributed by atoms with Crippen LogP contribution >= 0.6 is 0 Å². The fourth-order valence-electron chi connectivity index (χ4n) is 11.8. The highest BCUT2D eigenvalue weighted by atomic mass is 16.5. The van der Waals surface area contributed by atoms with Crippen LogP contribution in [-0.4, -0.2) is 47.4 Å². The fourth-order valence-corrected chi connectivity index (χ4v) is 11.8. The molecule has 0 aromatic heterocycles. The smallest absolute Gasteiger partial charge is 0.305 e. The average molecular weight is 1140 g/mol. The first-order chi connectivity index (χ1) is 40.0. The van der Waals surface area contributed by atoms with Gasteiger partial charge in [0.15, 0.2) is 0 Å². The maximum absolute atomic E-state index is 12.5. The number of carbonyl (C=O) groups is 2. The number of nitrogens with one attached hydrogen (secondary N) is 1. The molecule has 0 aliphatic heterocycles. The molecule has 0 aromatic rings. The monoisotopic (exact) mass is 1140 g/mol. The van der Waals surface area contributed by atoms with E-state index < -0.39 is 12.1 Å². The first kappa shape index (κ1) is 79.3. The van der Waals surface area contributed by atoms with Crippen LogP contribution in [0.3, 0.4) is 0 Å². The molecule has 0 fully saturated rings. The Hall–Kier alpha value is -1.66. The second kappa shape index (κ2) is 70.8. The number of esters is 1. The summed E-state index contributed by atoms with van der Waals surface area (Å²) in [4.78, 5) is 24.6. The maximum Gasteiger partial charge on any atom is 0.305 e. The highest BCUT2D eigenvalue weighted by molar-refractivity contribution is 5.76. The van der Waals surface area contributed by atoms with Gasteiger partial charge in [-0.1, -0.05) is 353 Å². The molecular formula is C75H145NO5. The highest BCUT2D eigenvalue weighted by Gasteiger charge is 2.20. The van der Waals surface area contributed by atoms with E-state index in [9.17, 15) is 19.8 Å². The van der Waals surface area contributed by atoms with Gasteiger partial charge in [-0.05, 0) is 77.0 Å². The Morgan fingerprint density at radius 3 is 0.889 bits per heavy atom. The van der Waals surface area contributed by atoms with Crippen LogP contribution in [0.1, 0.15) is 418 Å². The van der Waals surface area contributed by atoms with Crippen molar-refractivity contribution in [2.75, 3.05) is 13.2 Å². The Morgan fingerprint density at radius 2 is 0.580 bits per heavy atom. The van der Waals surface area contributed by atoms with Crippen LogP contribution < -0.4 is 5.32 Å². The predicted octanol–water partition coefficient (Wildman–Crippen LogP) is 24.1. The van der Waals surface area contributed by atoms with Gasteiger partial charge in [-0.3, -0.25) is 9.59 Å². The number of allylic oxidation sites excluding steroid dienone is 4. The summed E-state index contributed by atoms with van der Waals surface area (Å²) in [7, 11) is 0. The minimum atomic E-state index is -0.663. The zero-order valence-corrected chi connectivity index (χ0v) is 55.0. The Labute approximate surface area is 507 Å². The number of aliphatic hydroxyl groups excluding tert-OH is 2. The standard InChI is InChI=1S/C75H145NO5/c1-3-5-7-9-11-13-15-17-18-19-34-37-40-44-47-51-55-59-63-67-73(78)72(71-77)76-74(79)68-64-60-56-52-48-45-41-38-35-32-30-28-26-24-22-20-21-23-25-27-29-31-33-36-39-42-46-50-54-58-62-66-70-81-75(80)69-65-61-57-53-49-43-16-14-12-10-8-6-4-2/h14,16,23,25,72-73,77-78H,3-13,15,17-22,24,26-71H2,1-2H3,(H,76,79)/b16-14-,25-23-. The molecule has 0 saturated heterocycles. The van der Waals surface area contributed by atoms with Gasteiger partial charge in [0.25, 0.3) is 0 Å². The fraction of sp³-hybridized carbons (Fsp3) is 0.920. The van der Waals surface area contributed by atoms with Crippen molar-refractivity contribution < 1.29 is 24.5 Å². The first-order valence-corrected chi connectivity index (χ1v) is 37.1. The first-order valence-electron chi connectivity index (χ1n) is 37.1. The van der Waals surface area contributed by atoms with Gasteiger partial charge in [0, 0.05) is 12.8 Å². The summed E-state index contributed by atoms with van der Waals surface area (Å²) in [6.07, 6.45) is 89.6. The lowest BCUT2D eigenvalue weighted by atomic mass is 10.0. The van der Waals surface area contributed by atoms with Crippen molar-refractivity contribution in [1.82, 2.24) is 5.32 Å². The highest BCUT2D eigenvalue weighted by Crippen LogP contribution is 2.19. The third-order valence-electron chi connectivity index (χ3n) is 17.5. The van der Waals surface area contributed by atoms with E-state index in [1.807, 2.05) is 0 Å². The van der Waals surface area contributed by atoms with Crippen molar-refractivity contribution >= 4 is 11.9 Å². The maximum atomic E-state index is 12.5. The SMILES string of the molecule is CCCCCC/C=C\CCCCCCCC(=O)OCCCCCCCCCCCCCC/C=C\CCCCCCCCCCCCCCCCCCC(=O)NC(CO)C(O)CCCCCCCCCCCCCCCCCCCCC. The van der Waals surface area contributed by atoms with E-state index in [2.05, 4.69) is 43.5 Å². The van der Waals surface area contributed by atoms with Crippen LogP contribution in [0.4, 0.5) is 0 Å². The van der Waals surface area contributed by atoms with E-state index in [0.29, 0.717) is 25.9 Å². The Morgan fingerprint density at radius 1 is 0.333 bits per heavy atom. The number of hydrogen-bond donors (Lipinski definition) is 3. The topological polar surface area (TPSA) is 95.9 Å². The lowest BCUT2D eigenvalue weighted by Crippen LogP contribution is -2.45. The summed E-state index contributed by atoms with van der Waals surface area (Å²) in [6, 6.07) is -0.540. The number of hydrogen-bond acceptors (Lipinski definition) is 5. The number of amides is 1. The summed E-state index contributed by atoms with van der Waals surface area (Å²) >= 11 is 0. The Kier molecular flexibility index (Phi) is 69.4. The molecule has 0 spiro atoms. The third kappa shape index (κ3) is 67.3. The molecule has 0 heterocycles. The molecule has 0 aliphatic rings. The lowest BCUT2D eigenvalue weighted by Gasteiger charge is -2.22. The number of aliphatic hydroxyl groups is 2. The van der Waals surface area contributed by atoms with Crippen LogP contribution in [0.2, 0.25) is 0 Å². The van der Waals surface area contributed by atoms with Gasteiger partial charge < -0.3 is 20.3 Å². The summed E-state index contributed by atoms with van der Waals surface area (Å²) in [5.41, 5.74) is 0. The van der Waals surface area contributed by atoms with Crippen LogP contribution in [0.15, 0.2) is 24.3 Å². The van der Waals surface area contributed by atoms with E-state index in [4.69, 9.17) is 4.74 Å². The predicted molar refractivity (Wildman–Crippen MR) is 356 cm³/mol. The van der Waals surface area contributed by atoms with Gasteiger partial charge >= 0.3 is 5.97 Å². The van der Waals surface area contributed by atoms with Crippen molar-refractivity contribution in [3.05, 3.63) is 24.3 Å². The molecule has 0 radical (unpaired) electrons. The van der Waals surface area contributed by atoms with Gasteiger partial charge in [0.05, 0.1) is 25.4 Å². The molecule has 2 atom stereocenters. The van der Waals surface area contributed by atoms with Gasteiger partial charge in [0.1, 0.15) is 0 Å². The zero-order chi connectivity index (χ0) is 58.5. The van der Waals surface area contributed by atoms with Crippen molar-refractivity contribution in [2.24, 2.45) is 0 Å². The van der Waals surface area contributed by atoms with Crippen molar-refractivity contribution in [3.8, 4) is 0 Å². The normalized spacial score (nSPS) is 12.6. The number of unbranched alkanes of at least 4 members (excludes halogenated alkanes) is 55. The Bertz CT molecular complexity index is 1270. The zero-order valence-electron chi connectivity index (χ0n) is 55.0. The van der Waals surface area contributed by atoms with E-state index in [1.165, 1.54) is 340 Å².